The number of rotatable bonds is 17. The van der Waals surface area contributed by atoms with Crippen LogP contribution >= 0.6 is 11.6 Å². The van der Waals surface area contributed by atoms with E-state index in [4.69, 9.17) is 39.1 Å². The van der Waals surface area contributed by atoms with Gasteiger partial charge in [-0.15, -0.1) is 11.6 Å². The van der Waals surface area contributed by atoms with Gasteiger partial charge in [0.15, 0.2) is 0 Å². The van der Waals surface area contributed by atoms with Crippen LogP contribution in [0.25, 0.3) is 0 Å². The Morgan fingerprint density at radius 3 is 1.09 bits per heavy atom. The Morgan fingerprint density at radius 1 is 0.471 bits per heavy atom. The number of alkyl halides is 1. The molecule has 0 radical (unpaired) electrons. The van der Waals surface area contributed by atoms with Crippen molar-refractivity contribution < 1.29 is 27.5 Å². The maximum atomic E-state index is 6.17. The third kappa shape index (κ3) is 9.75. The lowest BCUT2D eigenvalue weighted by Gasteiger charge is -2.29. The number of hydrogen-bond acceptors (Lipinski definition) is 6. The zero-order chi connectivity index (χ0) is 23.7. The van der Waals surface area contributed by atoms with Crippen LogP contribution in [0.2, 0.25) is 6.04 Å². The molecule has 3 aromatic rings. The molecule has 3 rings (SSSR count). The second-order valence-electron chi connectivity index (χ2n) is 7.15. The van der Waals surface area contributed by atoms with Gasteiger partial charge in [0.05, 0.1) is 19.8 Å². The summed E-state index contributed by atoms with van der Waals surface area (Å²) >= 11 is 6.11. The summed E-state index contributed by atoms with van der Waals surface area (Å²) in [6.07, 6.45) is 0. The summed E-state index contributed by atoms with van der Waals surface area (Å²) in [5.41, 5.74) is 0. The SMILES string of the molecule is ClCC[Si](OCCOc1ccccc1)(OCCOc1ccccc1)OCCOc1ccccc1. The third-order valence-corrected chi connectivity index (χ3v) is 7.95. The minimum Gasteiger partial charge on any atom is -0.491 e. The van der Waals surface area contributed by atoms with Gasteiger partial charge in [0.2, 0.25) is 0 Å². The van der Waals surface area contributed by atoms with Gasteiger partial charge >= 0.3 is 8.80 Å². The molecule has 0 atom stereocenters. The van der Waals surface area contributed by atoms with E-state index in [1.807, 2.05) is 91.0 Å². The van der Waals surface area contributed by atoms with Crippen molar-refractivity contribution in [2.24, 2.45) is 0 Å². The summed E-state index contributed by atoms with van der Waals surface area (Å²) in [5, 5.41) is 0. The molecule has 8 heteroatoms. The Balaban J connectivity index is 1.51. The molecule has 0 aliphatic heterocycles. The topological polar surface area (TPSA) is 55.4 Å². The maximum Gasteiger partial charge on any atom is 0.502 e. The van der Waals surface area contributed by atoms with Crippen molar-refractivity contribution in [1.29, 1.82) is 0 Å². The van der Waals surface area contributed by atoms with Crippen LogP contribution in [0.3, 0.4) is 0 Å². The first-order chi connectivity index (χ1) is 16.8. The van der Waals surface area contributed by atoms with Crippen LogP contribution in [0.15, 0.2) is 91.0 Å². The number of halogens is 1. The van der Waals surface area contributed by atoms with Gasteiger partial charge in [0, 0.05) is 11.9 Å². The van der Waals surface area contributed by atoms with Gasteiger partial charge in [-0.1, -0.05) is 54.6 Å². The fourth-order valence-corrected chi connectivity index (χ4v) is 5.87. The summed E-state index contributed by atoms with van der Waals surface area (Å²) in [6.45, 7) is 2.06. The molecule has 0 aromatic heterocycles. The predicted octanol–water partition coefficient (Wildman–Crippen LogP) is 5.45. The highest BCUT2D eigenvalue weighted by molar-refractivity contribution is 6.61. The quantitative estimate of drug-likeness (QED) is 0.139. The van der Waals surface area contributed by atoms with Crippen molar-refractivity contribution in [1.82, 2.24) is 0 Å². The lowest BCUT2D eigenvalue weighted by Crippen LogP contribution is -2.48. The second-order valence-corrected chi connectivity index (χ2v) is 10.3. The van der Waals surface area contributed by atoms with E-state index >= 15 is 0 Å². The van der Waals surface area contributed by atoms with E-state index < -0.39 is 8.80 Å². The second kappa shape index (κ2) is 15.4. The van der Waals surface area contributed by atoms with Crippen molar-refractivity contribution in [3.8, 4) is 17.2 Å². The van der Waals surface area contributed by atoms with Crippen molar-refractivity contribution in [2.45, 2.75) is 6.04 Å². The minimum absolute atomic E-state index is 0.317. The fourth-order valence-electron chi connectivity index (χ4n) is 3.08. The monoisotopic (exact) mass is 502 g/mol. The molecule has 0 spiro atoms. The summed E-state index contributed by atoms with van der Waals surface area (Å²) in [7, 11) is -3.08. The van der Waals surface area contributed by atoms with Crippen molar-refractivity contribution in [2.75, 3.05) is 45.5 Å². The van der Waals surface area contributed by atoms with Crippen molar-refractivity contribution in [3.05, 3.63) is 91.0 Å². The molecule has 0 fully saturated rings. The molecule has 0 unspecified atom stereocenters. The lowest BCUT2D eigenvalue weighted by atomic mass is 10.3. The Hall–Kier alpha value is -2.55. The minimum atomic E-state index is -3.08. The van der Waals surface area contributed by atoms with Gasteiger partial charge in [-0.05, 0) is 36.4 Å². The van der Waals surface area contributed by atoms with E-state index in [1.54, 1.807) is 0 Å². The highest BCUT2D eigenvalue weighted by Gasteiger charge is 2.41. The Bertz CT molecular complexity index is 785. The average molecular weight is 503 g/mol. The molecule has 0 saturated carbocycles. The summed E-state index contributed by atoms with van der Waals surface area (Å²) in [5.74, 6) is 2.70. The molecular weight excluding hydrogens is 472 g/mol. The van der Waals surface area contributed by atoms with Gasteiger partial charge in [-0.2, -0.15) is 0 Å². The molecule has 0 aliphatic carbocycles. The highest BCUT2D eigenvalue weighted by atomic mass is 35.5. The molecule has 6 nitrogen and oxygen atoms in total. The third-order valence-electron chi connectivity index (χ3n) is 4.65. The zero-order valence-corrected chi connectivity index (χ0v) is 20.9. The van der Waals surface area contributed by atoms with E-state index in [0.717, 1.165) is 17.2 Å². The molecular formula is C26H31ClO6Si. The van der Waals surface area contributed by atoms with Crippen LogP contribution in [-0.2, 0) is 13.3 Å². The first-order valence-electron chi connectivity index (χ1n) is 11.3. The molecule has 0 amide bonds. The number of hydrogen-bond donors (Lipinski definition) is 0. The van der Waals surface area contributed by atoms with Gasteiger partial charge in [-0.25, -0.2) is 0 Å². The van der Waals surface area contributed by atoms with E-state index in [1.165, 1.54) is 0 Å². The van der Waals surface area contributed by atoms with Crippen LogP contribution < -0.4 is 14.2 Å². The number of ether oxygens (including phenoxy) is 3. The molecule has 182 valence electrons. The first kappa shape index (κ1) is 26.1. The first-order valence-corrected chi connectivity index (χ1v) is 13.8. The molecule has 0 aliphatic rings. The van der Waals surface area contributed by atoms with E-state index in [2.05, 4.69) is 0 Å². The Labute approximate surface area is 207 Å². The highest BCUT2D eigenvalue weighted by Crippen LogP contribution is 2.18. The predicted molar refractivity (Wildman–Crippen MR) is 135 cm³/mol. The molecule has 0 N–H and O–H groups in total. The summed E-state index contributed by atoms with van der Waals surface area (Å²) in [4.78, 5) is 0. The van der Waals surface area contributed by atoms with Crippen LogP contribution in [0.1, 0.15) is 0 Å². The Morgan fingerprint density at radius 2 is 0.794 bits per heavy atom. The fraction of sp³-hybridized carbons (Fsp3) is 0.308. The lowest BCUT2D eigenvalue weighted by molar-refractivity contribution is 0.0351. The summed E-state index contributed by atoms with van der Waals surface area (Å²) < 4.78 is 35.8. The number of benzene rings is 3. The zero-order valence-electron chi connectivity index (χ0n) is 19.1. The summed E-state index contributed by atoms with van der Waals surface area (Å²) in [6, 6.07) is 29.3. The largest absolute Gasteiger partial charge is 0.502 e. The van der Waals surface area contributed by atoms with Gasteiger partial charge in [-0.3, -0.25) is 0 Å². The van der Waals surface area contributed by atoms with Gasteiger partial charge < -0.3 is 27.5 Å². The molecule has 0 bridgehead atoms. The Kier molecular flexibility index (Phi) is 11.8. The average Bonchev–Trinajstić information content (AvgIpc) is 2.89. The van der Waals surface area contributed by atoms with E-state index in [0.29, 0.717) is 51.6 Å². The smallest absolute Gasteiger partial charge is 0.491 e. The number of para-hydroxylation sites is 3. The van der Waals surface area contributed by atoms with E-state index in [9.17, 15) is 0 Å². The van der Waals surface area contributed by atoms with Crippen LogP contribution in [0.5, 0.6) is 17.2 Å². The van der Waals surface area contributed by atoms with Crippen molar-refractivity contribution >= 4 is 20.4 Å². The van der Waals surface area contributed by atoms with Crippen LogP contribution in [0.4, 0.5) is 0 Å². The van der Waals surface area contributed by atoms with E-state index in [-0.39, 0.29) is 0 Å². The van der Waals surface area contributed by atoms with Gasteiger partial charge in [0.1, 0.15) is 37.1 Å². The molecule has 0 saturated heterocycles. The molecule has 34 heavy (non-hydrogen) atoms. The molecule has 0 heterocycles. The molecule has 3 aromatic carbocycles. The van der Waals surface area contributed by atoms with Gasteiger partial charge in [0.25, 0.3) is 0 Å². The standard InChI is InChI=1S/C26H31ClO6Si/c27-16-23-34(31-20-17-28-24-10-4-1-5-11-24,32-21-18-29-25-12-6-2-7-13-25)33-22-19-30-26-14-8-3-9-15-26/h1-15H,16-23H2. The maximum absolute atomic E-state index is 6.17. The van der Waals surface area contributed by atoms with Crippen molar-refractivity contribution in [3.63, 3.8) is 0 Å². The van der Waals surface area contributed by atoms with Crippen LogP contribution in [-0.4, -0.2) is 54.3 Å². The normalized spacial score (nSPS) is 11.2. The van der Waals surface area contributed by atoms with Crippen LogP contribution in [0, 0.1) is 0 Å².